The molecule has 1 aromatic rings. The van der Waals surface area contributed by atoms with Gasteiger partial charge in [-0.1, -0.05) is 0 Å². The van der Waals surface area contributed by atoms with Crippen molar-refractivity contribution in [2.75, 3.05) is 0 Å². The highest BCUT2D eigenvalue weighted by Gasteiger charge is 2.35. The van der Waals surface area contributed by atoms with Crippen molar-refractivity contribution in [1.82, 2.24) is 4.98 Å². The molecule has 0 saturated heterocycles. The molecule has 1 heterocycles. The number of aliphatic hydroxyl groups excluding tert-OH is 1. The summed E-state index contributed by atoms with van der Waals surface area (Å²) >= 11 is 2.65. The van der Waals surface area contributed by atoms with E-state index < -0.39 is 35.3 Å². The predicted molar refractivity (Wildman–Crippen MR) is 49.5 cm³/mol. The van der Waals surface area contributed by atoms with E-state index in [4.69, 9.17) is 5.11 Å². The van der Waals surface area contributed by atoms with Crippen LogP contribution in [-0.4, -0.2) is 16.5 Å². The van der Waals surface area contributed by atoms with Gasteiger partial charge in [-0.05, 0) is 15.9 Å². The number of aromatic nitrogens is 1. The van der Waals surface area contributed by atoms with Gasteiger partial charge in [0.2, 0.25) is 0 Å². The Labute approximate surface area is 100 Å². The second kappa shape index (κ2) is 5.13. The topological polar surface area (TPSA) is 42.4 Å². The average molecular weight is 322 g/mol. The summed E-state index contributed by atoms with van der Waals surface area (Å²) in [6.45, 7) is -0.661. The Morgan fingerprint density at radius 3 is 2.41 bits per heavy atom. The smallest absolute Gasteiger partial charge is 0.402 e. The molecule has 9 heteroatoms. The summed E-state index contributed by atoms with van der Waals surface area (Å²) in [6.07, 6.45) is -7.51. The summed E-state index contributed by atoms with van der Waals surface area (Å²) in [5, 5.41) is 8.78. The van der Waals surface area contributed by atoms with Gasteiger partial charge in [0.05, 0.1) is 11.1 Å². The molecule has 0 aliphatic heterocycles. The van der Waals surface area contributed by atoms with E-state index in [2.05, 4.69) is 25.7 Å². The van der Waals surface area contributed by atoms with Gasteiger partial charge in [-0.25, -0.2) is 8.78 Å². The van der Waals surface area contributed by atoms with Crippen LogP contribution in [0.3, 0.4) is 0 Å². The summed E-state index contributed by atoms with van der Waals surface area (Å²) in [5.41, 5.74) is -1.24. The summed E-state index contributed by atoms with van der Waals surface area (Å²) in [5.74, 6) is -1.14. The maximum atomic E-state index is 12.4. The third-order valence-corrected chi connectivity index (χ3v) is 2.54. The van der Waals surface area contributed by atoms with E-state index in [1.54, 1.807) is 0 Å². The zero-order chi connectivity index (χ0) is 13.2. The van der Waals surface area contributed by atoms with Crippen LogP contribution in [0.15, 0.2) is 10.7 Å². The maximum Gasteiger partial charge on any atom is 0.573 e. The van der Waals surface area contributed by atoms with Gasteiger partial charge in [0.15, 0.2) is 5.75 Å². The molecule has 0 bridgehead atoms. The quantitative estimate of drug-likeness (QED) is 0.869. The number of halogens is 6. The van der Waals surface area contributed by atoms with Crippen molar-refractivity contribution in [1.29, 1.82) is 0 Å². The molecule has 3 nitrogen and oxygen atoms in total. The standard InChI is InChI=1S/C8H5BrF5NO2/c9-4-3(2-16)1-15-5(7(10)11)6(4)17-8(12,13)14/h1,7,16H,2H2. The third-order valence-electron chi connectivity index (χ3n) is 1.67. The van der Waals surface area contributed by atoms with Gasteiger partial charge in [0, 0.05) is 11.8 Å². The minimum absolute atomic E-state index is 0.0892. The van der Waals surface area contributed by atoms with Gasteiger partial charge in [0.1, 0.15) is 5.69 Å². The van der Waals surface area contributed by atoms with Crippen molar-refractivity contribution < 1.29 is 31.8 Å². The highest BCUT2D eigenvalue weighted by Crippen LogP contribution is 2.39. The van der Waals surface area contributed by atoms with Crippen LogP contribution >= 0.6 is 15.9 Å². The van der Waals surface area contributed by atoms with E-state index in [0.29, 0.717) is 0 Å². The van der Waals surface area contributed by atoms with Crippen LogP contribution in [0, 0.1) is 0 Å². The molecule has 1 aromatic heterocycles. The van der Waals surface area contributed by atoms with Gasteiger partial charge in [-0.2, -0.15) is 0 Å². The first-order chi connectivity index (χ1) is 7.76. The van der Waals surface area contributed by atoms with Crippen molar-refractivity contribution in [3.63, 3.8) is 0 Å². The second-order valence-electron chi connectivity index (χ2n) is 2.82. The van der Waals surface area contributed by atoms with E-state index in [0.717, 1.165) is 6.20 Å². The first-order valence-corrected chi connectivity index (χ1v) is 4.87. The second-order valence-corrected chi connectivity index (χ2v) is 3.61. The Hall–Kier alpha value is -0.960. The Morgan fingerprint density at radius 1 is 1.41 bits per heavy atom. The highest BCUT2D eigenvalue weighted by molar-refractivity contribution is 9.10. The van der Waals surface area contributed by atoms with Gasteiger partial charge < -0.3 is 9.84 Å². The van der Waals surface area contributed by atoms with Gasteiger partial charge in [-0.15, -0.1) is 13.2 Å². The average Bonchev–Trinajstić information content (AvgIpc) is 2.18. The summed E-state index contributed by atoms with van der Waals surface area (Å²) < 4.78 is 64.0. The number of alkyl halides is 5. The highest BCUT2D eigenvalue weighted by atomic mass is 79.9. The SMILES string of the molecule is OCc1cnc(C(F)F)c(OC(F)(F)F)c1Br. The van der Waals surface area contributed by atoms with Crippen LogP contribution in [0.5, 0.6) is 5.75 Å². The molecule has 1 N–H and O–H groups in total. The molecule has 0 unspecified atom stereocenters. The van der Waals surface area contributed by atoms with Crippen molar-refractivity contribution >= 4 is 15.9 Å². The van der Waals surface area contributed by atoms with E-state index in [1.807, 2.05) is 0 Å². The lowest BCUT2D eigenvalue weighted by Gasteiger charge is -2.15. The minimum Gasteiger partial charge on any atom is -0.402 e. The number of aliphatic hydroxyl groups is 1. The minimum atomic E-state index is -5.12. The molecule has 96 valence electrons. The van der Waals surface area contributed by atoms with Crippen LogP contribution in [0.1, 0.15) is 17.7 Å². The van der Waals surface area contributed by atoms with E-state index in [1.165, 1.54) is 0 Å². The molecule has 0 radical (unpaired) electrons. The first kappa shape index (κ1) is 14.1. The fourth-order valence-electron chi connectivity index (χ4n) is 1.000. The molecule has 0 amide bonds. The van der Waals surface area contributed by atoms with Gasteiger partial charge >= 0.3 is 6.36 Å². The monoisotopic (exact) mass is 321 g/mol. The van der Waals surface area contributed by atoms with Crippen molar-refractivity contribution in [3.05, 3.63) is 21.9 Å². The van der Waals surface area contributed by atoms with Crippen LogP contribution in [-0.2, 0) is 6.61 Å². The maximum absolute atomic E-state index is 12.4. The van der Waals surface area contributed by atoms with Crippen molar-refractivity contribution in [2.24, 2.45) is 0 Å². The van der Waals surface area contributed by atoms with Crippen LogP contribution in [0.25, 0.3) is 0 Å². The molecule has 17 heavy (non-hydrogen) atoms. The van der Waals surface area contributed by atoms with Gasteiger partial charge in [-0.3, -0.25) is 4.98 Å². The summed E-state index contributed by atoms with van der Waals surface area (Å²) in [4.78, 5) is 3.13. The van der Waals surface area contributed by atoms with Crippen molar-refractivity contribution in [2.45, 2.75) is 19.4 Å². The Bertz CT molecular complexity index is 410. The van der Waals surface area contributed by atoms with Crippen LogP contribution in [0.4, 0.5) is 22.0 Å². The lowest BCUT2D eigenvalue weighted by Crippen LogP contribution is -2.19. The molecule has 0 fully saturated rings. The molecular formula is C8H5BrF5NO2. The summed E-state index contributed by atoms with van der Waals surface area (Å²) in [7, 11) is 0. The van der Waals surface area contributed by atoms with E-state index in [9.17, 15) is 22.0 Å². The molecule has 0 saturated carbocycles. The number of nitrogens with zero attached hydrogens (tertiary/aromatic N) is 1. The Morgan fingerprint density at radius 2 is 2.00 bits per heavy atom. The third kappa shape index (κ3) is 3.50. The first-order valence-electron chi connectivity index (χ1n) is 4.08. The van der Waals surface area contributed by atoms with E-state index >= 15 is 0 Å². The van der Waals surface area contributed by atoms with Crippen molar-refractivity contribution in [3.8, 4) is 5.75 Å². The number of pyridine rings is 1. The molecule has 0 aliphatic rings. The number of rotatable bonds is 3. The molecule has 0 aliphatic carbocycles. The normalized spacial score (nSPS) is 12.0. The molecule has 0 aromatic carbocycles. The zero-order valence-corrected chi connectivity index (χ0v) is 9.52. The number of hydrogen-bond acceptors (Lipinski definition) is 3. The van der Waals surface area contributed by atoms with Crippen LogP contribution < -0.4 is 4.74 Å². The summed E-state index contributed by atoms with van der Waals surface area (Å²) in [6, 6.07) is 0. The lowest BCUT2D eigenvalue weighted by atomic mass is 10.2. The number of hydrogen-bond donors (Lipinski definition) is 1. The molecular weight excluding hydrogens is 317 g/mol. The van der Waals surface area contributed by atoms with Crippen LogP contribution in [0.2, 0.25) is 0 Å². The lowest BCUT2D eigenvalue weighted by molar-refractivity contribution is -0.275. The van der Waals surface area contributed by atoms with Gasteiger partial charge in [0.25, 0.3) is 6.43 Å². The fraction of sp³-hybridized carbons (Fsp3) is 0.375. The number of ether oxygens (including phenoxy) is 1. The predicted octanol–water partition coefficient (Wildman–Crippen LogP) is 3.17. The van der Waals surface area contributed by atoms with E-state index in [-0.39, 0.29) is 5.56 Å². The Kier molecular flexibility index (Phi) is 4.26. The molecule has 0 atom stereocenters. The zero-order valence-electron chi connectivity index (χ0n) is 7.93. The molecule has 0 spiro atoms. The fourth-order valence-corrected chi connectivity index (χ4v) is 1.51. The molecule has 1 rings (SSSR count). The largest absolute Gasteiger partial charge is 0.573 e. The Balaban J connectivity index is 3.30.